The first-order chi connectivity index (χ1) is 9.15. The van der Waals surface area contributed by atoms with Crippen molar-refractivity contribution < 1.29 is 9.90 Å². The molecule has 0 atom stereocenters. The lowest BCUT2D eigenvalue weighted by Crippen LogP contribution is -2.31. The van der Waals surface area contributed by atoms with Gasteiger partial charge in [0.25, 0.3) is 0 Å². The summed E-state index contributed by atoms with van der Waals surface area (Å²) >= 11 is 1.76. The van der Waals surface area contributed by atoms with Crippen LogP contribution in [0.25, 0.3) is 0 Å². The first kappa shape index (κ1) is 12.0. The number of anilines is 2. The van der Waals surface area contributed by atoms with Crippen molar-refractivity contribution in [3.8, 4) is 0 Å². The van der Waals surface area contributed by atoms with Gasteiger partial charge in [0, 0.05) is 18.0 Å². The van der Waals surface area contributed by atoms with E-state index in [-0.39, 0.29) is 5.69 Å². The Balaban J connectivity index is 1.95. The molecule has 3 N–H and O–H groups in total. The summed E-state index contributed by atoms with van der Waals surface area (Å²) in [5, 5.41) is 11.1. The Labute approximate surface area is 114 Å². The first-order valence-corrected chi connectivity index (χ1v) is 6.83. The molecule has 3 rings (SSSR count). The number of rotatable bonds is 2. The van der Waals surface area contributed by atoms with E-state index in [4.69, 9.17) is 10.8 Å². The smallest absolute Gasteiger partial charge is 0.354 e. The zero-order valence-corrected chi connectivity index (χ0v) is 11.0. The predicted octanol–water partition coefficient (Wildman–Crippen LogP) is 1.99. The molecule has 0 spiro atoms. The second-order valence-corrected chi connectivity index (χ2v) is 5.46. The van der Waals surface area contributed by atoms with Gasteiger partial charge in [0.15, 0.2) is 11.5 Å². The predicted molar refractivity (Wildman–Crippen MR) is 74.7 cm³/mol. The monoisotopic (exact) mass is 275 g/mol. The maximum atomic E-state index is 11.0. The topological polar surface area (TPSA) is 79.5 Å². The number of carbonyl (C=O) groups is 1. The van der Waals surface area contributed by atoms with Crippen molar-refractivity contribution in [2.24, 2.45) is 0 Å². The largest absolute Gasteiger partial charge is 0.477 e. The molecule has 98 valence electrons. The highest BCUT2D eigenvalue weighted by molar-refractivity contribution is 7.10. The van der Waals surface area contributed by atoms with Crippen LogP contribution in [0, 0.1) is 0 Å². The van der Waals surface area contributed by atoms with Crippen LogP contribution in [0.4, 0.5) is 11.5 Å². The molecule has 19 heavy (non-hydrogen) atoms. The molecule has 6 heteroatoms. The number of hydrogen-bond donors (Lipinski definition) is 2. The zero-order valence-electron chi connectivity index (χ0n) is 10.2. The van der Waals surface area contributed by atoms with Crippen LogP contribution in [-0.4, -0.2) is 22.6 Å². The van der Waals surface area contributed by atoms with Crippen molar-refractivity contribution in [3.05, 3.63) is 39.7 Å². The molecule has 2 aromatic rings. The summed E-state index contributed by atoms with van der Waals surface area (Å²) < 4.78 is 0. The third-order valence-electron chi connectivity index (χ3n) is 3.23. The minimum absolute atomic E-state index is 0.0281. The van der Waals surface area contributed by atoms with Crippen LogP contribution < -0.4 is 10.6 Å². The average Bonchev–Trinajstić information content (AvgIpc) is 2.86. The molecule has 0 unspecified atom stereocenters. The summed E-state index contributed by atoms with van der Waals surface area (Å²) in [5.74, 6) is -0.466. The Bertz CT molecular complexity index is 639. The number of aromatic nitrogens is 1. The molecule has 0 saturated carbocycles. The standard InChI is InChI=1S/C13H13N3O2S/c14-9-1-2-10(13(17)18)15-12(9)16-5-3-11-8(7-16)4-6-19-11/h1-2,4,6H,3,5,7,14H2,(H,17,18). The van der Waals surface area contributed by atoms with Crippen molar-refractivity contribution in [2.75, 3.05) is 17.2 Å². The molecule has 0 saturated heterocycles. The van der Waals surface area contributed by atoms with E-state index in [1.54, 1.807) is 17.4 Å². The Kier molecular flexibility index (Phi) is 2.87. The third-order valence-corrected chi connectivity index (χ3v) is 4.25. The molecular weight excluding hydrogens is 262 g/mol. The van der Waals surface area contributed by atoms with Gasteiger partial charge in [-0.15, -0.1) is 11.3 Å². The van der Waals surface area contributed by atoms with Gasteiger partial charge in [-0.05, 0) is 35.6 Å². The zero-order chi connectivity index (χ0) is 13.4. The maximum absolute atomic E-state index is 11.0. The number of nitrogen functional groups attached to an aromatic ring is 1. The Morgan fingerprint density at radius 3 is 3.05 bits per heavy atom. The van der Waals surface area contributed by atoms with E-state index in [2.05, 4.69) is 16.4 Å². The summed E-state index contributed by atoms with van der Waals surface area (Å²) in [7, 11) is 0. The third kappa shape index (κ3) is 2.15. The van der Waals surface area contributed by atoms with E-state index in [9.17, 15) is 4.79 Å². The van der Waals surface area contributed by atoms with E-state index in [0.717, 1.165) is 19.5 Å². The molecule has 0 bridgehead atoms. The van der Waals surface area contributed by atoms with Gasteiger partial charge in [0.05, 0.1) is 5.69 Å². The fourth-order valence-electron chi connectivity index (χ4n) is 2.26. The normalized spacial score (nSPS) is 14.2. The Morgan fingerprint density at radius 2 is 2.26 bits per heavy atom. The number of nitrogens with two attached hydrogens (primary N) is 1. The lowest BCUT2D eigenvalue weighted by Gasteiger charge is -2.29. The molecule has 0 aromatic carbocycles. The number of carboxylic acids is 1. The van der Waals surface area contributed by atoms with Crippen LogP contribution in [0.15, 0.2) is 23.6 Å². The number of nitrogens with zero attached hydrogens (tertiary/aromatic N) is 2. The molecule has 0 aliphatic carbocycles. The second kappa shape index (κ2) is 4.55. The minimum atomic E-state index is -1.03. The minimum Gasteiger partial charge on any atom is -0.477 e. The maximum Gasteiger partial charge on any atom is 0.354 e. The average molecular weight is 275 g/mol. The number of fused-ring (bicyclic) bond motifs is 1. The number of carboxylic acid groups (broad SMARTS) is 1. The fraction of sp³-hybridized carbons (Fsp3) is 0.231. The number of thiophene rings is 1. The highest BCUT2D eigenvalue weighted by atomic mass is 32.1. The first-order valence-electron chi connectivity index (χ1n) is 5.95. The van der Waals surface area contributed by atoms with Gasteiger partial charge in [0.1, 0.15) is 0 Å². The summed E-state index contributed by atoms with van der Waals surface area (Å²) in [6.45, 7) is 1.55. The molecule has 1 aliphatic rings. The SMILES string of the molecule is Nc1ccc(C(=O)O)nc1N1CCc2sccc2C1. The van der Waals surface area contributed by atoms with Crippen molar-refractivity contribution in [1.82, 2.24) is 4.98 Å². The van der Waals surface area contributed by atoms with Gasteiger partial charge in [0.2, 0.25) is 0 Å². The van der Waals surface area contributed by atoms with E-state index >= 15 is 0 Å². The van der Waals surface area contributed by atoms with Gasteiger partial charge in [-0.2, -0.15) is 0 Å². The van der Waals surface area contributed by atoms with Gasteiger partial charge < -0.3 is 15.7 Å². The lowest BCUT2D eigenvalue weighted by atomic mass is 10.1. The van der Waals surface area contributed by atoms with Crippen molar-refractivity contribution >= 4 is 28.8 Å². The van der Waals surface area contributed by atoms with E-state index < -0.39 is 5.97 Å². The Hall–Kier alpha value is -2.08. The van der Waals surface area contributed by atoms with Crippen LogP contribution in [0.3, 0.4) is 0 Å². The van der Waals surface area contributed by atoms with E-state index in [1.807, 2.05) is 4.90 Å². The van der Waals surface area contributed by atoms with Gasteiger partial charge >= 0.3 is 5.97 Å². The van der Waals surface area contributed by atoms with Crippen LogP contribution in [0.5, 0.6) is 0 Å². The van der Waals surface area contributed by atoms with Crippen LogP contribution in [-0.2, 0) is 13.0 Å². The summed E-state index contributed by atoms with van der Waals surface area (Å²) in [6.07, 6.45) is 0.950. The fourth-order valence-corrected chi connectivity index (χ4v) is 3.15. The summed E-state index contributed by atoms with van der Waals surface area (Å²) in [6, 6.07) is 5.14. The molecule has 0 amide bonds. The molecule has 2 aromatic heterocycles. The number of hydrogen-bond acceptors (Lipinski definition) is 5. The highest BCUT2D eigenvalue weighted by Gasteiger charge is 2.21. The van der Waals surface area contributed by atoms with Crippen molar-refractivity contribution in [1.29, 1.82) is 0 Å². The van der Waals surface area contributed by atoms with E-state index in [1.165, 1.54) is 16.5 Å². The quantitative estimate of drug-likeness (QED) is 0.876. The number of aromatic carboxylic acids is 1. The molecule has 3 heterocycles. The van der Waals surface area contributed by atoms with Crippen LogP contribution in [0.2, 0.25) is 0 Å². The lowest BCUT2D eigenvalue weighted by molar-refractivity contribution is 0.0690. The summed E-state index contributed by atoms with van der Waals surface area (Å²) in [4.78, 5) is 18.6. The van der Waals surface area contributed by atoms with Crippen molar-refractivity contribution in [2.45, 2.75) is 13.0 Å². The Morgan fingerprint density at radius 1 is 1.42 bits per heavy atom. The molecule has 5 nitrogen and oxygen atoms in total. The van der Waals surface area contributed by atoms with Gasteiger partial charge in [-0.1, -0.05) is 0 Å². The molecule has 0 radical (unpaired) electrons. The number of pyridine rings is 1. The van der Waals surface area contributed by atoms with Gasteiger partial charge in [-0.25, -0.2) is 9.78 Å². The highest BCUT2D eigenvalue weighted by Crippen LogP contribution is 2.29. The molecular formula is C13H13N3O2S. The van der Waals surface area contributed by atoms with E-state index in [0.29, 0.717) is 11.5 Å². The van der Waals surface area contributed by atoms with Crippen LogP contribution in [0.1, 0.15) is 20.9 Å². The molecule has 1 aliphatic heterocycles. The second-order valence-electron chi connectivity index (χ2n) is 4.46. The van der Waals surface area contributed by atoms with Crippen molar-refractivity contribution in [3.63, 3.8) is 0 Å². The van der Waals surface area contributed by atoms with Crippen LogP contribution >= 0.6 is 11.3 Å². The molecule has 0 fully saturated rings. The summed E-state index contributed by atoms with van der Waals surface area (Å²) in [5.41, 5.74) is 7.74. The van der Waals surface area contributed by atoms with Gasteiger partial charge in [-0.3, -0.25) is 0 Å².